The summed E-state index contributed by atoms with van der Waals surface area (Å²) >= 11 is 3.98. The van der Waals surface area contributed by atoms with Crippen LogP contribution in [0.15, 0.2) is 0 Å². The van der Waals surface area contributed by atoms with Crippen LogP contribution in [0.3, 0.4) is 0 Å². The number of nitrogens with two attached hydrogens (primary N) is 2. The third-order valence-corrected chi connectivity index (χ3v) is 4.22. The van der Waals surface area contributed by atoms with E-state index in [0.29, 0.717) is 19.4 Å². The molecule has 0 saturated heterocycles. The van der Waals surface area contributed by atoms with Crippen molar-refractivity contribution in [3.63, 3.8) is 0 Å². The van der Waals surface area contributed by atoms with Crippen LogP contribution in [0.5, 0.6) is 0 Å². The van der Waals surface area contributed by atoms with Crippen molar-refractivity contribution >= 4 is 42.3 Å². The van der Waals surface area contributed by atoms with Crippen LogP contribution < -0.4 is 27.4 Å². The predicted octanol–water partition coefficient (Wildman–Crippen LogP) is -2.59. The molecule has 0 aliphatic carbocycles. The maximum Gasteiger partial charge on any atom is 0.325 e. The number of carboxylic acids is 2. The number of amides is 3. The maximum atomic E-state index is 12.5. The van der Waals surface area contributed by atoms with Gasteiger partial charge in [-0.25, -0.2) is 0 Å². The highest BCUT2D eigenvalue weighted by Crippen LogP contribution is 2.03. The minimum atomic E-state index is -1.36. The van der Waals surface area contributed by atoms with Crippen molar-refractivity contribution in [2.45, 2.75) is 56.8 Å². The van der Waals surface area contributed by atoms with E-state index >= 15 is 0 Å². The average molecular weight is 436 g/mol. The molecule has 0 bridgehead atoms. The molecule has 166 valence electrons. The molecule has 0 fully saturated rings. The SMILES string of the molecule is CC(NC(=O)C(CCCCN)NC(=O)C(CS)NC(=O)C(N)CC(=O)O)C(=O)O. The Morgan fingerprint density at radius 2 is 1.48 bits per heavy atom. The molecule has 3 amide bonds. The molecule has 0 aliphatic rings. The lowest BCUT2D eigenvalue weighted by Gasteiger charge is -2.23. The van der Waals surface area contributed by atoms with Gasteiger partial charge >= 0.3 is 11.9 Å². The third kappa shape index (κ3) is 10.7. The van der Waals surface area contributed by atoms with Crippen LogP contribution in [-0.2, 0) is 24.0 Å². The van der Waals surface area contributed by atoms with Gasteiger partial charge in [-0.05, 0) is 32.7 Å². The maximum absolute atomic E-state index is 12.5. The summed E-state index contributed by atoms with van der Waals surface area (Å²) < 4.78 is 0. The summed E-state index contributed by atoms with van der Waals surface area (Å²) in [4.78, 5) is 58.3. The van der Waals surface area contributed by atoms with Gasteiger partial charge in [-0.15, -0.1) is 0 Å². The summed E-state index contributed by atoms with van der Waals surface area (Å²) in [5, 5.41) is 24.6. The Hall–Kier alpha value is -2.38. The zero-order valence-electron chi connectivity index (χ0n) is 16.1. The van der Waals surface area contributed by atoms with Gasteiger partial charge in [0.15, 0.2) is 0 Å². The van der Waals surface area contributed by atoms with E-state index in [0.717, 1.165) is 0 Å². The van der Waals surface area contributed by atoms with E-state index in [1.54, 1.807) is 0 Å². The van der Waals surface area contributed by atoms with Crippen molar-refractivity contribution in [1.82, 2.24) is 16.0 Å². The molecule has 0 radical (unpaired) electrons. The lowest BCUT2D eigenvalue weighted by molar-refractivity contribution is -0.141. The fraction of sp³-hybridized carbons (Fsp3) is 0.688. The molecule has 0 rings (SSSR count). The quantitative estimate of drug-likeness (QED) is 0.106. The largest absolute Gasteiger partial charge is 0.481 e. The number of nitrogens with one attached hydrogen (secondary N) is 3. The van der Waals surface area contributed by atoms with E-state index in [1.807, 2.05) is 0 Å². The highest BCUT2D eigenvalue weighted by molar-refractivity contribution is 7.80. The van der Waals surface area contributed by atoms with Crippen molar-refractivity contribution in [3.8, 4) is 0 Å². The Kier molecular flexibility index (Phi) is 12.6. The van der Waals surface area contributed by atoms with E-state index in [9.17, 15) is 24.0 Å². The zero-order valence-corrected chi connectivity index (χ0v) is 17.0. The van der Waals surface area contributed by atoms with Gasteiger partial charge in [-0.3, -0.25) is 24.0 Å². The molecule has 0 aromatic heterocycles. The van der Waals surface area contributed by atoms with Crippen molar-refractivity contribution in [3.05, 3.63) is 0 Å². The average Bonchev–Trinajstić information content (AvgIpc) is 2.64. The van der Waals surface area contributed by atoms with Gasteiger partial charge in [-0.1, -0.05) is 0 Å². The van der Waals surface area contributed by atoms with Crippen molar-refractivity contribution in [2.75, 3.05) is 12.3 Å². The number of carboxylic acid groups (broad SMARTS) is 2. The van der Waals surface area contributed by atoms with Crippen LogP contribution in [0.25, 0.3) is 0 Å². The van der Waals surface area contributed by atoms with Crippen LogP contribution in [-0.4, -0.2) is 76.3 Å². The van der Waals surface area contributed by atoms with Gasteiger partial charge < -0.3 is 37.6 Å². The lowest BCUT2D eigenvalue weighted by Crippen LogP contribution is -2.57. The molecular formula is C16H29N5O7S. The smallest absolute Gasteiger partial charge is 0.325 e. The van der Waals surface area contributed by atoms with Crippen molar-refractivity contribution < 1.29 is 34.2 Å². The van der Waals surface area contributed by atoms with Crippen LogP contribution in [0.4, 0.5) is 0 Å². The van der Waals surface area contributed by atoms with Crippen molar-refractivity contribution in [1.29, 1.82) is 0 Å². The first-order chi connectivity index (χ1) is 13.5. The molecule has 0 aromatic rings. The first-order valence-corrected chi connectivity index (χ1v) is 9.58. The van der Waals surface area contributed by atoms with E-state index < -0.39 is 60.2 Å². The fourth-order valence-electron chi connectivity index (χ4n) is 2.16. The van der Waals surface area contributed by atoms with Crippen molar-refractivity contribution in [2.24, 2.45) is 11.5 Å². The zero-order chi connectivity index (χ0) is 22.6. The molecule has 13 heteroatoms. The number of hydrogen-bond acceptors (Lipinski definition) is 8. The Bertz CT molecular complexity index is 604. The van der Waals surface area contributed by atoms with E-state index in [1.165, 1.54) is 6.92 Å². The summed E-state index contributed by atoms with van der Waals surface area (Å²) in [6.45, 7) is 1.66. The summed E-state index contributed by atoms with van der Waals surface area (Å²) in [6, 6.07) is -4.75. The summed E-state index contributed by atoms with van der Waals surface area (Å²) in [6.07, 6.45) is 0.666. The monoisotopic (exact) mass is 435 g/mol. The van der Waals surface area contributed by atoms with Gasteiger partial charge in [0.1, 0.15) is 18.1 Å². The van der Waals surface area contributed by atoms with E-state index in [-0.39, 0.29) is 12.2 Å². The Balaban J connectivity index is 5.08. The van der Waals surface area contributed by atoms with Gasteiger partial charge in [0.25, 0.3) is 0 Å². The number of carbonyl (C=O) groups is 5. The van der Waals surface area contributed by atoms with Gasteiger partial charge in [0.05, 0.1) is 12.5 Å². The first kappa shape index (κ1) is 26.6. The molecule has 0 heterocycles. The predicted molar refractivity (Wildman–Crippen MR) is 106 cm³/mol. The highest BCUT2D eigenvalue weighted by Gasteiger charge is 2.28. The van der Waals surface area contributed by atoms with Crippen LogP contribution in [0.1, 0.15) is 32.6 Å². The lowest BCUT2D eigenvalue weighted by atomic mass is 10.1. The molecule has 12 nitrogen and oxygen atoms in total. The second kappa shape index (κ2) is 13.7. The summed E-state index contributed by atoms with van der Waals surface area (Å²) in [7, 11) is 0. The molecule has 4 atom stereocenters. The fourth-order valence-corrected chi connectivity index (χ4v) is 2.42. The number of hydrogen-bond donors (Lipinski definition) is 8. The molecule has 0 aromatic carbocycles. The van der Waals surface area contributed by atoms with Crippen LogP contribution >= 0.6 is 12.6 Å². The number of thiol groups is 1. The summed E-state index contributed by atoms with van der Waals surface area (Å²) in [5.41, 5.74) is 10.9. The normalized spacial score (nSPS) is 14.8. The molecule has 0 aliphatic heterocycles. The van der Waals surface area contributed by atoms with Gasteiger partial charge in [0.2, 0.25) is 17.7 Å². The minimum Gasteiger partial charge on any atom is -0.481 e. The Morgan fingerprint density at radius 3 is 1.97 bits per heavy atom. The number of unbranched alkanes of at least 4 members (excludes halogenated alkanes) is 1. The first-order valence-electron chi connectivity index (χ1n) is 8.95. The number of rotatable bonds is 14. The molecule has 9 N–H and O–H groups in total. The number of aliphatic carboxylic acids is 2. The third-order valence-electron chi connectivity index (χ3n) is 3.86. The second-order valence-electron chi connectivity index (χ2n) is 6.36. The van der Waals surface area contributed by atoms with E-state index in [2.05, 4.69) is 28.6 Å². The van der Waals surface area contributed by atoms with Gasteiger partial charge in [-0.2, -0.15) is 12.6 Å². The second-order valence-corrected chi connectivity index (χ2v) is 6.73. The number of carbonyl (C=O) groups excluding carboxylic acids is 3. The minimum absolute atomic E-state index is 0.139. The van der Waals surface area contributed by atoms with Crippen LogP contribution in [0.2, 0.25) is 0 Å². The molecule has 0 spiro atoms. The van der Waals surface area contributed by atoms with E-state index in [4.69, 9.17) is 21.7 Å². The Labute approximate surface area is 173 Å². The summed E-state index contributed by atoms with van der Waals surface area (Å²) in [5.74, 6) is -4.95. The highest BCUT2D eigenvalue weighted by atomic mass is 32.1. The molecule has 4 unspecified atom stereocenters. The molecular weight excluding hydrogens is 406 g/mol. The molecule has 29 heavy (non-hydrogen) atoms. The van der Waals surface area contributed by atoms with Gasteiger partial charge in [0, 0.05) is 5.75 Å². The Morgan fingerprint density at radius 1 is 0.931 bits per heavy atom. The standard InChI is InChI=1S/C16H29N5O7S/c1-8(16(27)28)19-14(25)10(4-2-3-5-17)20-15(26)11(7-29)21-13(24)9(18)6-12(22)23/h8-11,29H,2-7,17-18H2,1H3,(H,19,25)(H,20,26)(H,21,24)(H,22,23)(H,27,28). The molecule has 0 saturated carbocycles. The topological polar surface area (TPSA) is 214 Å². The van der Waals surface area contributed by atoms with Crippen LogP contribution in [0, 0.1) is 0 Å².